The van der Waals surface area contributed by atoms with Gasteiger partial charge in [0.1, 0.15) is 5.82 Å². The Morgan fingerprint density at radius 3 is 2.55 bits per heavy atom. The maximum absolute atomic E-state index is 12.2. The number of aromatic nitrogens is 1. The molecular weight excluding hydrogens is 290 g/mol. The number of nitrogens with one attached hydrogen (secondary N) is 1. The molecular formula is C14H11N3O5. The highest BCUT2D eigenvalue weighted by Crippen LogP contribution is 2.19. The van der Waals surface area contributed by atoms with Crippen molar-refractivity contribution in [2.75, 3.05) is 5.32 Å². The Morgan fingerprint density at radius 1 is 1.23 bits per heavy atom. The number of aryl methyl sites for hydroxylation is 1. The van der Waals surface area contributed by atoms with Crippen molar-refractivity contribution in [2.45, 2.75) is 6.92 Å². The van der Waals surface area contributed by atoms with Gasteiger partial charge in [-0.1, -0.05) is 0 Å². The fourth-order valence-corrected chi connectivity index (χ4v) is 1.81. The first-order chi connectivity index (χ1) is 10.4. The number of non-ortho nitro benzene ring substituents is 1. The standard InChI is InChI=1S/C14H11N3O5/c1-8-4-5-15-12(6-8)16-13(18)11-7-9(17(21)22)2-3-10(11)14(19)20/h2-7H,1H3,(H,19,20)(H,15,16,18). The minimum Gasteiger partial charge on any atom is -0.478 e. The van der Waals surface area contributed by atoms with E-state index in [2.05, 4.69) is 10.3 Å². The molecule has 1 aromatic carbocycles. The first kappa shape index (κ1) is 15.1. The lowest BCUT2D eigenvalue weighted by Gasteiger charge is -2.07. The summed E-state index contributed by atoms with van der Waals surface area (Å²) in [6.07, 6.45) is 1.48. The van der Waals surface area contributed by atoms with Gasteiger partial charge in [0.2, 0.25) is 0 Å². The highest BCUT2D eigenvalue weighted by Gasteiger charge is 2.21. The molecule has 0 atom stereocenters. The lowest BCUT2D eigenvalue weighted by molar-refractivity contribution is -0.384. The van der Waals surface area contributed by atoms with Crippen LogP contribution in [-0.2, 0) is 0 Å². The van der Waals surface area contributed by atoms with Crippen molar-refractivity contribution < 1.29 is 19.6 Å². The molecule has 0 aliphatic rings. The van der Waals surface area contributed by atoms with Crippen LogP contribution in [0.3, 0.4) is 0 Å². The fourth-order valence-electron chi connectivity index (χ4n) is 1.81. The summed E-state index contributed by atoms with van der Waals surface area (Å²) < 4.78 is 0. The zero-order chi connectivity index (χ0) is 16.3. The number of hydrogen-bond donors (Lipinski definition) is 2. The average Bonchev–Trinajstić information content (AvgIpc) is 2.46. The van der Waals surface area contributed by atoms with E-state index in [4.69, 9.17) is 5.11 Å². The summed E-state index contributed by atoms with van der Waals surface area (Å²) in [5, 5.41) is 22.3. The van der Waals surface area contributed by atoms with Crippen LogP contribution in [0.1, 0.15) is 26.3 Å². The minimum absolute atomic E-state index is 0.229. The largest absolute Gasteiger partial charge is 0.478 e. The Kier molecular flexibility index (Phi) is 4.12. The zero-order valence-electron chi connectivity index (χ0n) is 11.4. The van der Waals surface area contributed by atoms with Crippen LogP contribution < -0.4 is 5.32 Å². The quantitative estimate of drug-likeness (QED) is 0.659. The number of carboxylic acid groups (broad SMARTS) is 1. The molecule has 1 amide bonds. The van der Waals surface area contributed by atoms with E-state index in [0.29, 0.717) is 0 Å². The number of nitro groups is 1. The molecule has 0 unspecified atom stereocenters. The lowest BCUT2D eigenvalue weighted by atomic mass is 10.1. The van der Waals surface area contributed by atoms with Crippen molar-refractivity contribution in [2.24, 2.45) is 0 Å². The van der Waals surface area contributed by atoms with Crippen LogP contribution in [-0.4, -0.2) is 26.9 Å². The Bertz CT molecular complexity index is 773. The van der Waals surface area contributed by atoms with Gasteiger partial charge in [0.15, 0.2) is 0 Å². The van der Waals surface area contributed by atoms with E-state index in [0.717, 1.165) is 23.8 Å². The molecule has 1 heterocycles. The number of carboxylic acids is 1. The summed E-state index contributed by atoms with van der Waals surface area (Å²) in [7, 11) is 0. The normalized spacial score (nSPS) is 10.0. The average molecular weight is 301 g/mol. The van der Waals surface area contributed by atoms with E-state index in [1.165, 1.54) is 6.20 Å². The van der Waals surface area contributed by atoms with Gasteiger partial charge >= 0.3 is 5.97 Å². The third kappa shape index (κ3) is 3.23. The highest BCUT2D eigenvalue weighted by molar-refractivity contribution is 6.10. The van der Waals surface area contributed by atoms with Gasteiger partial charge in [-0.15, -0.1) is 0 Å². The van der Waals surface area contributed by atoms with E-state index in [1.807, 2.05) is 0 Å². The maximum atomic E-state index is 12.2. The van der Waals surface area contributed by atoms with Gasteiger partial charge in [-0.2, -0.15) is 0 Å². The van der Waals surface area contributed by atoms with Gasteiger partial charge in [0.05, 0.1) is 16.1 Å². The van der Waals surface area contributed by atoms with Crippen molar-refractivity contribution >= 4 is 23.4 Å². The Labute approximate surface area is 124 Å². The second-order valence-corrected chi connectivity index (χ2v) is 4.46. The van der Waals surface area contributed by atoms with E-state index in [1.54, 1.807) is 19.1 Å². The molecule has 2 rings (SSSR count). The predicted molar refractivity (Wildman–Crippen MR) is 77.0 cm³/mol. The first-order valence-corrected chi connectivity index (χ1v) is 6.14. The van der Waals surface area contributed by atoms with Crippen molar-refractivity contribution in [3.63, 3.8) is 0 Å². The number of carbonyl (C=O) groups excluding carboxylic acids is 1. The molecule has 0 saturated heterocycles. The summed E-state index contributed by atoms with van der Waals surface area (Å²) in [6, 6.07) is 6.31. The summed E-state index contributed by atoms with van der Waals surface area (Å²) in [4.78, 5) is 37.3. The monoisotopic (exact) mass is 301 g/mol. The Balaban J connectivity index is 2.40. The van der Waals surface area contributed by atoms with Crippen LogP contribution in [0.15, 0.2) is 36.5 Å². The summed E-state index contributed by atoms with van der Waals surface area (Å²) in [5.74, 6) is -1.90. The molecule has 0 aliphatic heterocycles. The molecule has 0 aliphatic carbocycles. The molecule has 2 aromatic rings. The van der Waals surface area contributed by atoms with Crippen LogP contribution in [0.2, 0.25) is 0 Å². The van der Waals surface area contributed by atoms with Gasteiger partial charge in [-0.3, -0.25) is 14.9 Å². The van der Waals surface area contributed by atoms with E-state index in [9.17, 15) is 19.7 Å². The SMILES string of the molecule is Cc1ccnc(NC(=O)c2cc([N+](=O)[O-])ccc2C(=O)O)c1. The lowest BCUT2D eigenvalue weighted by Crippen LogP contribution is -2.17. The van der Waals surface area contributed by atoms with Crippen LogP contribution in [0.4, 0.5) is 11.5 Å². The molecule has 8 nitrogen and oxygen atoms in total. The topological polar surface area (TPSA) is 122 Å². The molecule has 0 spiro atoms. The van der Waals surface area contributed by atoms with E-state index < -0.39 is 16.8 Å². The third-order valence-electron chi connectivity index (χ3n) is 2.85. The van der Waals surface area contributed by atoms with Gasteiger partial charge in [0, 0.05) is 18.3 Å². The molecule has 8 heteroatoms. The molecule has 0 radical (unpaired) electrons. The van der Waals surface area contributed by atoms with Gasteiger partial charge in [0.25, 0.3) is 11.6 Å². The van der Waals surface area contributed by atoms with Crippen LogP contribution in [0, 0.1) is 17.0 Å². The number of anilines is 1. The van der Waals surface area contributed by atoms with Crippen molar-refractivity contribution in [3.8, 4) is 0 Å². The first-order valence-electron chi connectivity index (χ1n) is 6.14. The van der Waals surface area contributed by atoms with E-state index >= 15 is 0 Å². The summed E-state index contributed by atoms with van der Waals surface area (Å²) >= 11 is 0. The Hall–Kier alpha value is -3.29. The van der Waals surface area contributed by atoms with Gasteiger partial charge in [-0.05, 0) is 30.7 Å². The van der Waals surface area contributed by atoms with E-state index in [-0.39, 0.29) is 22.6 Å². The highest BCUT2D eigenvalue weighted by atomic mass is 16.6. The van der Waals surface area contributed by atoms with Gasteiger partial charge < -0.3 is 10.4 Å². The number of aromatic carboxylic acids is 1. The third-order valence-corrected chi connectivity index (χ3v) is 2.85. The van der Waals surface area contributed by atoms with Crippen molar-refractivity contribution in [1.82, 2.24) is 4.98 Å². The number of nitro benzene ring substituents is 1. The number of benzene rings is 1. The summed E-state index contributed by atoms with van der Waals surface area (Å²) in [6.45, 7) is 1.80. The van der Waals surface area contributed by atoms with Crippen LogP contribution in [0.5, 0.6) is 0 Å². The number of carbonyl (C=O) groups is 2. The smallest absolute Gasteiger partial charge is 0.336 e. The Morgan fingerprint density at radius 2 is 1.95 bits per heavy atom. The summed E-state index contributed by atoms with van der Waals surface area (Å²) in [5.41, 5.74) is -0.143. The van der Waals surface area contributed by atoms with Crippen LogP contribution >= 0.6 is 0 Å². The molecule has 1 aromatic heterocycles. The number of rotatable bonds is 4. The number of pyridine rings is 1. The molecule has 0 fully saturated rings. The van der Waals surface area contributed by atoms with Crippen molar-refractivity contribution in [3.05, 3.63) is 63.3 Å². The molecule has 112 valence electrons. The predicted octanol–water partition coefficient (Wildman–Crippen LogP) is 2.25. The molecule has 22 heavy (non-hydrogen) atoms. The molecule has 0 saturated carbocycles. The molecule has 2 N–H and O–H groups in total. The number of hydrogen-bond acceptors (Lipinski definition) is 5. The van der Waals surface area contributed by atoms with Crippen LogP contribution in [0.25, 0.3) is 0 Å². The van der Waals surface area contributed by atoms with Gasteiger partial charge in [-0.25, -0.2) is 9.78 Å². The fraction of sp³-hybridized carbons (Fsp3) is 0.0714. The number of nitrogens with zero attached hydrogens (tertiary/aromatic N) is 2. The minimum atomic E-state index is -1.35. The molecule has 0 bridgehead atoms. The zero-order valence-corrected chi connectivity index (χ0v) is 11.4. The van der Waals surface area contributed by atoms with Crippen molar-refractivity contribution in [1.29, 1.82) is 0 Å². The maximum Gasteiger partial charge on any atom is 0.336 e. The second-order valence-electron chi connectivity index (χ2n) is 4.46. The number of amides is 1. The second kappa shape index (κ2) is 6.00.